The topological polar surface area (TPSA) is 59.0 Å². The Morgan fingerprint density at radius 3 is 2.36 bits per heavy atom. The van der Waals surface area contributed by atoms with E-state index in [-0.39, 0.29) is 18.2 Å². The molecule has 2 fully saturated rings. The summed E-state index contributed by atoms with van der Waals surface area (Å²) in [7, 11) is 0. The van der Waals surface area contributed by atoms with Crippen molar-refractivity contribution in [3.63, 3.8) is 0 Å². The summed E-state index contributed by atoms with van der Waals surface area (Å²) in [6.07, 6.45) is 2.91. The molecule has 1 N–H and O–H groups in total. The Hall–Kier alpha value is -1.59. The fourth-order valence-corrected chi connectivity index (χ4v) is 4.31. The van der Waals surface area contributed by atoms with Crippen LogP contribution in [0.5, 0.6) is 0 Å². The number of ether oxygens (including phenoxy) is 2. The molecule has 2 saturated heterocycles. The molecule has 1 aliphatic carbocycles. The zero-order valence-electron chi connectivity index (χ0n) is 15.2. The molecule has 3 aliphatic rings. The molecular weight excluding hydrogens is 318 g/mol. The number of rotatable bonds is 1. The Morgan fingerprint density at radius 1 is 1.20 bits per heavy atom. The number of hydrogen-bond acceptors (Lipinski definition) is 4. The summed E-state index contributed by atoms with van der Waals surface area (Å²) < 4.78 is 11.3. The van der Waals surface area contributed by atoms with E-state index in [0.717, 1.165) is 18.4 Å². The van der Waals surface area contributed by atoms with Crippen LogP contribution in [-0.4, -0.2) is 47.0 Å². The molecule has 5 nitrogen and oxygen atoms in total. The Labute approximate surface area is 148 Å². The van der Waals surface area contributed by atoms with Crippen molar-refractivity contribution in [2.75, 3.05) is 13.2 Å². The van der Waals surface area contributed by atoms with Crippen molar-refractivity contribution in [2.45, 2.75) is 69.7 Å². The lowest BCUT2D eigenvalue weighted by molar-refractivity contribution is -0.141. The number of fused-ring (bicyclic) bond motifs is 3. The van der Waals surface area contributed by atoms with Crippen molar-refractivity contribution >= 4 is 6.09 Å². The average molecular weight is 345 g/mol. The number of benzene rings is 1. The summed E-state index contributed by atoms with van der Waals surface area (Å²) in [5, 5.41) is 11.4. The van der Waals surface area contributed by atoms with E-state index in [1.165, 1.54) is 11.1 Å². The van der Waals surface area contributed by atoms with Crippen LogP contribution in [0.3, 0.4) is 0 Å². The Kier molecular flexibility index (Phi) is 3.85. The maximum Gasteiger partial charge on any atom is 0.410 e. The smallest absolute Gasteiger partial charge is 0.410 e. The van der Waals surface area contributed by atoms with E-state index < -0.39 is 11.2 Å². The van der Waals surface area contributed by atoms with Gasteiger partial charge in [-0.05, 0) is 50.3 Å². The minimum absolute atomic E-state index is 0.154. The molecule has 2 atom stereocenters. The second-order valence-electron chi connectivity index (χ2n) is 8.66. The summed E-state index contributed by atoms with van der Waals surface area (Å²) in [5.74, 6) is 0. The van der Waals surface area contributed by atoms with Crippen LogP contribution in [0, 0.1) is 0 Å². The fraction of sp³-hybridized carbons (Fsp3) is 0.650. The van der Waals surface area contributed by atoms with Crippen molar-refractivity contribution in [1.82, 2.24) is 4.90 Å². The second-order valence-corrected chi connectivity index (χ2v) is 8.66. The average Bonchev–Trinajstić information content (AvgIpc) is 2.45. The highest BCUT2D eigenvalue weighted by molar-refractivity contribution is 5.69. The summed E-state index contributed by atoms with van der Waals surface area (Å²) >= 11 is 0. The predicted octanol–water partition coefficient (Wildman–Crippen LogP) is 2.77. The minimum Gasteiger partial charge on any atom is -0.444 e. The number of hydrogen-bond donors (Lipinski definition) is 1. The van der Waals surface area contributed by atoms with Gasteiger partial charge in [0.05, 0.1) is 30.9 Å². The van der Waals surface area contributed by atoms with Gasteiger partial charge in [-0.25, -0.2) is 4.79 Å². The zero-order valence-corrected chi connectivity index (χ0v) is 15.2. The predicted molar refractivity (Wildman–Crippen MR) is 93.4 cm³/mol. The van der Waals surface area contributed by atoms with Gasteiger partial charge in [0.2, 0.25) is 0 Å². The van der Waals surface area contributed by atoms with Gasteiger partial charge in [0.15, 0.2) is 0 Å². The van der Waals surface area contributed by atoms with Crippen LogP contribution in [0.4, 0.5) is 4.79 Å². The summed E-state index contributed by atoms with van der Waals surface area (Å²) in [6, 6.07) is 6.03. The number of nitrogens with zero attached hydrogens (tertiary/aromatic N) is 1. The number of morpholine rings is 1. The zero-order chi connectivity index (χ0) is 17.8. The molecule has 2 bridgehead atoms. The van der Waals surface area contributed by atoms with E-state index >= 15 is 0 Å². The molecule has 1 aromatic rings. The third-order valence-corrected chi connectivity index (χ3v) is 5.57. The number of carbonyl (C=O) groups is 1. The Bertz CT molecular complexity index is 679. The molecule has 1 amide bonds. The lowest BCUT2D eigenvalue weighted by Gasteiger charge is -2.51. The van der Waals surface area contributed by atoms with Crippen LogP contribution < -0.4 is 0 Å². The minimum atomic E-state index is -0.901. The molecule has 0 aromatic heterocycles. The third-order valence-electron chi connectivity index (χ3n) is 5.57. The summed E-state index contributed by atoms with van der Waals surface area (Å²) in [4.78, 5) is 14.4. The van der Waals surface area contributed by atoms with Gasteiger partial charge in [-0.3, -0.25) is 4.90 Å². The third kappa shape index (κ3) is 3.04. The van der Waals surface area contributed by atoms with Gasteiger partial charge < -0.3 is 14.6 Å². The van der Waals surface area contributed by atoms with E-state index in [1.807, 2.05) is 20.8 Å². The van der Waals surface area contributed by atoms with Gasteiger partial charge in [-0.15, -0.1) is 0 Å². The molecule has 1 aromatic carbocycles. The Balaban J connectivity index is 1.58. The number of carbonyl (C=O) groups excluding carboxylic acids is 1. The summed E-state index contributed by atoms with van der Waals surface area (Å²) in [5.41, 5.74) is 2.29. The standard InChI is InChI=1S/C20H27NO4/c1-19(2,3)25-18(22)21-16-9-20(23,10-17(21)12-24-11-16)15-7-6-13-4-5-14(13)8-15/h6-8,16-17,23H,4-5,9-12H2,1-3H3. The quantitative estimate of drug-likeness (QED) is 0.850. The first-order valence-electron chi connectivity index (χ1n) is 9.19. The van der Waals surface area contributed by atoms with Crippen molar-refractivity contribution in [2.24, 2.45) is 0 Å². The highest BCUT2D eigenvalue weighted by Crippen LogP contribution is 2.42. The molecule has 0 saturated carbocycles. The van der Waals surface area contributed by atoms with E-state index in [1.54, 1.807) is 4.90 Å². The molecule has 2 heterocycles. The van der Waals surface area contributed by atoms with Crippen molar-refractivity contribution in [3.05, 3.63) is 34.9 Å². The van der Waals surface area contributed by atoms with Crippen molar-refractivity contribution in [1.29, 1.82) is 0 Å². The molecule has 4 rings (SSSR count). The maximum atomic E-state index is 12.6. The van der Waals surface area contributed by atoms with Gasteiger partial charge in [0.25, 0.3) is 0 Å². The van der Waals surface area contributed by atoms with Crippen LogP contribution in [0.1, 0.15) is 50.3 Å². The molecule has 0 spiro atoms. The molecule has 0 radical (unpaired) electrons. The van der Waals surface area contributed by atoms with Gasteiger partial charge in [-0.2, -0.15) is 0 Å². The fourth-order valence-electron chi connectivity index (χ4n) is 4.31. The molecule has 5 heteroatoms. The van der Waals surface area contributed by atoms with E-state index in [9.17, 15) is 9.90 Å². The number of amides is 1. The Morgan fingerprint density at radius 2 is 1.84 bits per heavy atom. The van der Waals surface area contributed by atoms with Crippen LogP contribution in [-0.2, 0) is 27.9 Å². The number of aliphatic hydroxyl groups is 1. The normalized spacial score (nSPS) is 31.1. The lowest BCUT2D eigenvalue weighted by Crippen LogP contribution is -2.63. The monoisotopic (exact) mass is 345 g/mol. The van der Waals surface area contributed by atoms with Gasteiger partial charge in [0, 0.05) is 12.8 Å². The van der Waals surface area contributed by atoms with E-state index in [2.05, 4.69) is 18.2 Å². The number of aryl methyl sites for hydroxylation is 2. The van der Waals surface area contributed by atoms with Crippen LogP contribution in [0.15, 0.2) is 18.2 Å². The number of piperidine rings is 1. The highest BCUT2D eigenvalue weighted by Gasteiger charge is 2.50. The van der Waals surface area contributed by atoms with Crippen LogP contribution >= 0.6 is 0 Å². The molecule has 136 valence electrons. The van der Waals surface area contributed by atoms with Gasteiger partial charge in [0.1, 0.15) is 5.60 Å². The van der Waals surface area contributed by atoms with Crippen molar-refractivity contribution in [3.8, 4) is 0 Å². The molecule has 2 aliphatic heterocycles. The summed E-state index contributed by atoms with van der Waals surface area (Å²) in [6.45, 7) is 6.52. The first kappa shape index (κ1) is 16.9. The molecule has 2 unspecified atom stereocenters. The largest absolute Gasteiger partial charge is 0.444 e. The van der Waals surface area contributed by atoms with Gasteiger partial charge in [-0.1, -0.05) is 18.2 Å². The maximum absolute atomic E-state index is 12.6. The van der Waals surface area contributed by atoms with Crippen molar-refractivity contribution < 1.29 is 19.4 Å². The lowest BCUT2D eigenvalue weighted by atomic mass is 9.75. The molecule has 25 heavy (non-hydrogen) atoms. The first-order valence-corrected chi connectivity index (χ1v) is 9.19. The van der Waals surface area contributed by atoms with Crippen LogP contribution in [0.25, 0.3) is 0 Å². The van der Waals surface area contributed by atoms with E-state index in [0.29, 0.717) is 26.1 Å². The van der Waals surface area contributed by atoms with Crippen LogP contribution in [0.2, 0.25) is 0 Å². The SMILES string of the molecule is CC(C)(C)OC(=O)N1C2COCC1CC(O)(c1ccc3c(c1)CC3)C2. The molecular formula is C20H27NO4. The highest BCUT2D eigenvalue weighted by atomic mass is 16.6. The first-order chi connectivity index (χ1) is 11.8. The second kappa shape index (κ2) is 5.71. The van der Waals surface area contributed by atoms with E-state index in [4.69, 9.17) is 9.47 Å². The van der Waals surface area contributed by atoms with Gasteiger partial charge >= 0.3 is 6.09 Å².